The van der Waals surface area contributed by atoms with Gasteiger partial charge in [0, 0.05) is 7.11 Å². The third-order valence-electron chi connectivity index (χ3n) is 3.37. The van der Waals surface area contributed by atoms with Crippen molar-refractivity contribution >= 4 is 5.91 Å². The van der Waals surface area contributed by atoms with Crippen molar-refractivity contribution in [3.63, 3.8) is 0 Å². The van der Waals surface area contributed by atoms with Crippen molar-refractivity contribution < 1.29 is 27.1 Å². The Kier molecular flexibility index (Phi) is 5.56. The molecule has 0 spiro atoms. The molecule has 1 atom stereocenters. The second kappa shape index (κ2) is 7.44. The monoisotopic (exact) mass is 341 g/mol. The summed E-state index contributed by atoms with van der Waals surface area (Å²) in [6.45, 7) is 0.0816. The molecular weight excluding hydrogens is 326 g/mol. The van der Waals surface area contributed by atoms with Gasteiger partial charge in [-0.15, -0.1) is 0 Å². The van der Waals surface area contributed by atoms with Crippen LogP contribution in [0, 0.1) is 5.82 Å². The SMILES string of the molecule is COC[C@@H](NC(=O)c1ccc(F)cc1C(F)(F)F)c1ccccc1. The topological polar surface area (TPSA) is 38.3 Å². The Labute approximate surface area is 136 Å². The Balaban J connectivity index is 2.31. The summed E-state index contributed by atoms with van der Waals surface area (Å²) in [6.07, 6.45) is -4.84. The number of rotatable bonds is 5. The van der Waals surface area contributed by atoms with Crippen molar-refractivity contribution in [2.45, 2.75) is 12.2 Å². The third kappa shape index (κ3) is 4.32. The molecule has 0 radical (unpaired) electrons. The van der Waals surface area contributed by atoms with Crippen molar-refractivity contribution in [3.05, 3.63) is 71.0 Å². The molecule has 0 aliphatic rings. The number of carbonyl (C=O) groups excluding carboxylic acids is 1. The number of alkyl halides is 3. The van der Waals surface area contributed by atoms with Gasteiger partial charge in [0.15, 0.2) is 0 Å². The smallest absolute Gasteiger partial charge is 0.382 e. The summed E-state index contributed by atoms with van der Waals surface area (Å²) in [7, 11) is 1.42. The molecule has 3 nitrogen and oxygen atoms in total. The van der Waals surface area contributed by atoms with Crippen LogP contribution in [-0.2, 0) is 10.9 Å². The van der Waals surface area contributed by atoms with Gasteiger partial charge in [-0.05, 0) is 23.8 Å². The lowest BCUT2D eigenvalue weighted by atomic mass is 10.0. The van der Waals surface area contributed by atoms with E-state index < -0.39 is 35.1 Å². The molecule has 128 valence electrons. The molecule has 0 heterocycles. The molecule has 0 saturated carbocycles. The number of nitrogens with one attached hydrogen (secondary N) is 1. The highest BCUT2D eigenvalue weighted by atomic mass is 19.4. The van der Waals surface area contributed by atoms with Crippen LogP contribution >= 0.6 is 0 Å². The van der Waals surface area contributed by atoms with Gasteiger partial charge in [0.05, 0.1) is 23.8 Å². The van der Waals surface area contributed by atoms with Gasteiger partial charge in [-0.2, -0.15) is 13.2 Å². The van der Waals surface area contributed by atoms with Crippen LogP contribution in [-0.4, -0.2) is 19.6 Å². The van der Waals surface area contributed by atoms with Crippen molar-refractivity contribution in [1.29, 1.82) is 0 Å². The van der Waals surface area contributed by atoms with Crippen molar-refractivity contribution in [1.82, 2.24) is 5.32 Å². The highest BCUT2D eigenvalue weighted by Gasteiger charge is 2.36. The summed E-state index contributed by atoms with van der Waals surface area (Å²) in [6, 6.07) is 10.0. The molecule has 7 heteroatoms. The van der Waals surface area contributed by atoms with Gasteiger partial charge >= 0.3 is 6.18 Å². The molecule has 2 rings (SSSR count). The van der Waals surface area contributed by atoms with Crippen molar-refractivity contribution in [2.24, 2.45) is 0 Å². The minimum Gasteiger partial charge on any atom is -0.382 e. The normalized spacial score (nSPS) is 12.7. The van der Waals surface area contributed by atoms with Crippen LogP contribution in [0.3, 0.4) is 0 Å². The molecule has 0 aliphatic heterocycles. The number of carbonyl (C=O) groups is 1. The molecule has 0 aliphatic carbocycles. The van der Waals surface area contributed by atoms with E-state index in [4.69, 9.17) is 4.74 Å². The predicted molar refractivity (Wildman–Crippen MR) is 79.9 cm³/mol. The second-order valence-corrected chi connectivity index (χ2v) is 5.08. The molecule has 0 saturated heterocycles. The molecule has 0 fully saturated rings. The Morgan fingerprint density at radius 3 is 2.42 bits per heavy atom. The van der Waals surface area contributed by atoms with E-state index in [9.17, 15) is 22.4 Å². The quantitative estimate of drug-likeness (QED) is 0.836. The van der Waals surface area contributed by atoms with Gasteiger partial charge in [0.25, 0.3) is 5.91 Å². The van der Waals surface area contributed by atoms with E-state index in [1.807, 2.05) is 0 Å². The predicted octanol–water partition coefficient (Wildman–Crippen LogP) is 3.96. The van der Waals surface area contributed by atoms with E-state index in [-0.39, 0.29) is 6.61 Å². The lowest BCUT2D eigenvalue weighted by Crippen LogP contribution is -2.32. The van der Waals surface area contributed by atoms with Gasteiger partial charge in [-0.1, -0.05) is 30.3 Å². The highest BCUT2D eigenvalue weighted by Crippen LogP contribution is 2.32. The number of halogens is 4. The summed E-state index contributed by atoms with van der Waals surface area (Å²) < 4.78 is 57.2. The molecule has 2 aromatic carbocycles. The fraction of sp³-hybridized carbons (Fsp3) is 0.235. The second-order valence-electron chi connectivity index (χ2n) is 5.08. The molecule has 1 amide bonds. The molecule has 1 N–H and O–H groups in total. The first kappa shape index (κ1) is 17.9. The molecule has 2 aromatic rings. The van der Waals surface area contributed by atoms with E-state index in [0.29, 0.717) is 11.6 Å². The van der Waals surface area contributed by atoms with E-state index in [1.165, 1.54) is 7.11 Å². The van der Waals surface area contributed by atoms with Crippen LogP contribution < -0.4 is 5.32 Å². The van der Waals surface area contributed by atoms with E-state index >= 15 is 0 Å². The maximum Gasteiger partial charge on any atom is 0.417 e. The van der Waals surface area contributed by atoms with Crippen LogP contribution in [0.5, 0.6) is 0 Å². The fourth-order valence-corrected chi connectivity index (χ4v) is 2.26. The lowest BCUT2D eigenvalue weighted by molar-refractivity contribution is -0.138. The number of methoxy groups -OCH3 is 1. The van der Waals surface area contributed by atoms with Crippen molar-refractivity contribution in [2.75, 3.05) is 13.7 Å². The average molecular weight is 341 g/mol. The molecular formula is C17H15F4NO2. The zero-order valence-electron chi connectivity index (χ0n) is 12.7. The first-order valence-electron chi connectivity index (χ1n) is 7.04. The van der Waals surface area contributed by atoms with Crippen LogP contribution in [0.15, 0.2) is 48.5 Å². The number of amides is 1. The Morgan fingerprint density at radius 2 is 1.83 bits per heavy atom. The molecule has 24 heavy (non-hydrogen) atoms. The van der Waals surface area contributed by atoms with Gasteiger partial charge in [-0.3, -0.25) is 4.79 Å². The Hall–Kier alpha value is -2.41. The fourth-order valence-electron chi connectivity index (χ4n) is 2.26. The summed E-state index contributed by atoms with van der Waals surface area (Å²) in [4.78, 5) is 12.3. The highest BCUT2D eigenvalue weighted by molar-refractivity contribution is 5.96. The average Bonchev–Trinajstić information content (AvgIpc) is 2.54. The Bertz CT molecular complexity index is 701. The summed E-state index contributed by atoms with van der Waals surface area (Å²) in [5.74, 6) is -2.01. The van der Waals surface area contributed by atoms with E-state index in [2.05, 4.69) is 5.32 Å². The lowest BCUT2D eigenvalue weighted by Gasteiger charge is -2.20. The van der Waals surface area contributed by atoms with Gasteiger partial charge in [0.1, 0.15) is 5.82 Å². The standard InChI is InChI=1S/C17H15F4NO2/c1-24-10-15(11-5-3-2-4-6-11)22-16(23)13-8-7-12(18)9-14(13)17(19,20)21/h2-9,15H,10H2,1H3,(H,22,23)/t15-/m1/s1. The van der Waals surface area contributed by atoms with Crippen LogP contribution in [0.25, 0.3) is 0 Å². The van der Waals surface area contributed by atoms with E-state index in [1.54, 1.807) is 30.3 Å². The van der Waals surface area contributed by atoms with Gasteiger partial charge in [0.2, 0.25) is 0 Å². The Morgan fingerprint density at radius 1 is 1.17 bits per heavy atom. The zero-order chi connectivity index (χ0) is 17.7. The van der Waals surface area contributed by atoms with Crippen LogP contribution in [0.2, 0.25) is 0 Å². The summed E-state index contributed by atoms with van der Waals surface area (Å²) >= 11 is 0. The first-order valence-corrected chi connectivity index (χ1v) is 7.04. The minimum atomic E-state index is -4.84. The van der Waals surface area contributed by atoms with Crippen molar-refractivity contribution in [3.8, 4) is 0 Å². The number of ether oxygens (including phenoxy) is 1. The minimum absolute atomic E-state index is 0.0816. The maximum absolute atomic E-state index is 13.1. The van der Waals surface area contributed by atoms with Crippen LogP contribution in [0.1, 0.15) is 27.5 Å². The third-order valence-corrected chi connectivity index (χ3v) is 3.37. The molecule has 0 bridgehead atoms. The molecule has 0 unspecified atom stereocenters. The van der Waals surface area contributed by atoms with Gasteiger partial charge < -0.3 is 10.1 Å². The van der Waals surface area contributed by atoms with Crippen LogP contribution in [0.4, 0.5) is 17.6 Å². The first-order chi connectivity index (χ1) is 11.3. The summed E-state index contributed by atoms with van der Waals surface area (Å²) in [5.41, 5.74) is -1.27. The summed E-state index contributed by atoms with van der Waals surface area (Å²) in [5, 5.41) is 2.50. The van der Waals surface area contributed by atoms with Gasteiger partial charge in [-0.25, -0.2) is 4.39 Å². The molecule has 0 aromatic heterocycles. The number of hydrogen-bond acceptors (Lipinski definition) is 2. The number of hydrogen-bond donors (Lipinski definition) is 1. The maximum atomic E-state index is 13.1. The zero-order valence-corrected chi connectivity index (χ0v) is 12.7. The largest absolute Gasteiger partial charge is 0.417 e. The number of benzene rings is 2. The van der Waals surface area contributed by atoms with E-state index in [0.717, 1.165) is 12.1 Å².